The molecule has 5 aliphatic rings. The molecule has 0 amide bonds. The maximum absolute atomic E-state index is 11.6. The number of hydrogen-bond donors (Lipinski definition) is 0. The van der Waals surface area contributed by atoms with E-state index in [0.29, 0.717) is 37.7 Å². The largest absolute Gasteiger partial charge is 0.463 e. The molecule has 16 heteroatoms. The third-order valence-electron chi connectivity index (χ3n) is 13.2. The molecule has 0 radical (unpaired) electrons. The molecule has 0 unspecified atom stereocenters. The molecule has 0 fully saturated rings. The minimum Gasteiger partial charge on any atom is -0.463 e. The third kappa shape index (κ3) is 19.9. The highest BCUT2D eigenvalue weighted by Gasteiger charge is 2.24. The zero-order valence-electron chi connectivity index (χ0n) is 50.9. The second kappa shape index (κ2) is 31.1. The number of aryl methyl sites for hydroxylation is 3. The molecule has 5 heterocycles. The van der Waals surface area contributed by atoms with Crippen molar-refractivity contribution >= 4 is 70.0 Å². The normalized spacial score (nSPS) is 13.5. The van der Waals surface area contributed by atoms with Gasteiger partial charge in [0.05, 0.1) is 124 Å². The topological polar surface area (TPSA) is 193 Å². The molecule has 444 valence electrons. The Balaban J connectivity index is 0.000000168. The first kappa shape index (κ1) is 65.2. The number of carbonyl (C=O) groups excluding carboxylic acids is 5. The number of rotatable bonds is 15. The van der Waals surface area contributed by atoms with Gasteiger partial charge in [0.2, 0.25) is 0 Å². The number of esters is 5. The molecule has 0 N–H and O–H groups in total. The summed E-state index contributed by atoms with van der Waals surface area (Å²) in [5.74, 6) is -1.04. The van der Waals surface area contributed by atoms with Crippen molar-refractivity contribution in [1.29, 1.82) is 0 Å². The van der Waals surface area contributed by atoms with E-state index < -0.39 is 0 Å². The lowest BCUT2D eigenvalue weighted by atomic mass is 10.00. The van der Waals surface area contributed by atoms with Crippen LogP contribution in [0.5, 0.6) is 0 Å². The Morgan fingerprint density at radius 3 is 1.07 bits per heavy atom. The summed E-state index contributed by atoms with van der Waals surface area (Å²) in [5, 5.41) is 0.699. The zero-order valence-corrected chi connectivity index (χ0v) is 51.6. The van der Waals surface area contributed by atoms with Crippen LogP contribution >= 0.6 is 11.6 Å². The molecule has 5 aliphatic heterocycles. The molecule has 10 rings (SSSR count). The SMILES string of the molecule is CC(C)OC(=O)CC1=NCc2cc(Cl)ccc21.CC(C)OC(=O)CC1=NCc2ccccc21.Cc1ccc2c(c1)CN=C2CC(=O)OC(C)C.Cc1ccc2c(c1)CN=C2CC(=O)OC(C)C.Cc1cccc2c1CN=C2CC(=O)OC(C)C. The quantitative estimate of drug-likeness (QED) is 0.0719. The van der Waals surface area contributed by atoms with Gasteiger partial charge in [0.25, 0.3) is 0 Å². The average molecular weight is 1160 g/mol. The highest BCUT2D eigenvalue weighted by atomic mass is 35.5. The van der Waals surface area contributed by atoms with Crippen LogP contribution in [0.15, 0.2) is 122 Å². The number of halogens is 1. The predicted molar refractivity (Wildman–Crippen MR) is 332 cm³/mol. The lowest BCUT2D eigenvalue weighted by Gasteiger charge is -2.08. The summed E-state index contributed by atoms with van der Waals surface area (Å²) in [4.78, 5) is 79.8. The Labute approximate surface area is 500 Å². The monoisotopic (exact) mass is 1160 g/mol. The fourth-order valence-corrected chi connectivity index (χ4v) is 9.85. The van der Waals surface area contributed by atoms with Crippen LogP contribution in [0.4, 0.5) is 0 Å². The molecule has 0 saturated carbocycles. The number of hydrogen-bond acceptors (Lipinski definition) is 15. The van der Waals surface area contributed by atoms with E-state index in [4.69, 9.17) is 35.3 Å². The molecule has 0 aromatic heterocycles. The maximum atomic E-state index is 11.6. The van der Waals surface area contributed by atoms with Crippen LogP contribution in [0, 0.1) is 20.8 Å². The smallest absolute Gasteiger partial charge is 0.312 e. The highest BCUT2D eigenvalue weighted by Crippen LogP contribution is 2.27. The van der Waals surface area contributed by atoms with Crippen molar-refractivity contribution in [3.63, 3.8) is 0 Å². The van der Waals surface area contributed by atoms with Crippen LogP contribution in [-0.2, 0) is 80.4 Å². The number of benzene rings is 5. The van der Waals surface area contributed by atoms with E-state index in [1.165, 1.54) is 38.9 Å². The van der Waals surface area contributed by atoms with E-state index in [9.17, 15) is 24.0 Å². The molecule has 0 bridgehead atoms. The van der Waals surface area contributed by atoms with Gasteiger partial charge < -0.3 is 23.7 Å². The van der Waals surface area contributed by atoms with Gasteiger partial charge in [-0.25, -0.2) is 0 Å². The van der Waals surface area contributed by atoms with Crippen molar-refractivity contribution < 1.29 is 47.7 Å². The molecule has 0 atom stereocenters. The Bertz CT molecular complexity index is 3160. The predicted octanol–water partition coefficient (Wildman–Crippen LogP) is 13.2. The first-order chi connectivity index (χ1) is 39.9. The molecule has 5 aromatic carbocycles. The summed E-state index contributed by atoms with van der Waals surface area (Å²) in [6.45, 7) is 28.0. The molecule has 15 nitrogen and oxygen atoms in total. The van der Waals surface area contributed by atoms with Crippen molar-refractivity contribution in [2.75, 3.05) is 0 Å². The van der Waals surface area contributed by atoms with Crippen LogP contribution in [0.1, 0.15) is 174 Å². The second-order valence-electron chi connectivity index (χ2n) is 22.3. The lowest BCUT2D eigenvalue weighted by molar-refractivity contribution is -0.146. The number of ether oxygens (including phenoxy) is 5. The van der Waals surface area contributed by atoms with Crippen LogP contribution in [0.3, 0.4) is 0 Å². The molecule has 84 heavy (non-hydrogen) atoms. The first-order valence-electron chi connectivity index (χ1n) is 28.7. The van der Waals surface area contributed by atoms with E-state index in [2.05, 4.69) is 63.9 Å². The van der Waals surface area contributed by atoms with Gasteiger partial charge in [-0.2, -0.15) is 0 Å². The number of fused-ring (bicyclic) bond motifs is 5. The minimum atomic E-state index is -0.235. The van der Waals surface area contributed by atoms with Crippen molar-refractivity contribution in [3.8, 4) is 0 Å². The summed E-state index contributed by atoms with van der Waals surface area (Å²) >= 11 is 5.90. The van der Waals surface area contributed by atoms with Gasteiger partial charge >= 0.3 is 29.8 Å². The second-order valence-corrected chi connectivity index (χ2v) is 22.7. The Kier molecular flexibility index (Phi) is 24.2. The van der Waals surface area contributed by atoms with Crippen molar-refractivity contribution in [1.82, 2.24) is 0 Å². The Hall–Kier alpha value is -7.91. The molecular weight excluding hydrogens is 1080 g/mol. The van der Waals surface area contributed by atoms with Crippen LogP contribution in [-0.4, -0.2) is 88.9 Å². The molecule has 0 saturated heterocycles. The van der Waals surface area contributed by atoms with Crippen LogP contribution < -0.4 is 0 Å². The van der Waals surface area contributed by atoms with Gasteiger partial charge in [-0.05, 0) is 136 Å². The van der Waals surface area contributed by atoms with Crippen molar-refractivity contribution in [2.24, 2.45) is 25.0 Å². The Morgan fingerprint density at radius 2 is 0.679 bits per heavy atom. The standard InChI is InChI=1S/3C14H17NO2.C13H14ClNO2.C13H15NO2/c2*1-9(2)17-14(16)7-13-12-5-4-10(3)6-11(12)8-15-13;1-9(2)17-14(16)7-13-11-6-4-5-10(3)12(11)8-15-13;1-8(2)17-13(16)6-12-11-4-3-10(14)5-9(11)7-15-12;1-9(2)16-13(15)7-12-11-6-4-3-5-10(11)8-14-12/h3*4-6,9H,7-8H2,1-3H3;3-5,8H,6-7H2,1-2H3;3-6,9H,7-8H2,1-2H3. The van der Waals surface area contributed by atoms with E-state index in [0.717, 1.165) is 61.9 Å². The van der Waals surface area contributed by atoms with Gasteiger partial charge in [-0.3, -0.25) is 48.9 Å². The molecule has 0 aliphatic carbocycles. The highest BCUT2D eigenvalue weighted by molar-refractivity contribution is 6.31. The summed E-state index contributed by atoms with van der Waals surface area (Å²) < 4.78 is 25.6. The van der Waals surface area contributed by atoms with Gasteiger partial charge in [0.1, 0.15) is 0 Å². The lowest BCUT2D eigenvalue weighted by Crippen LogP contribution is -2.15. The van der Waals surface area contributed by atoms with Gasteiger partial charge in [0, 0.05) is 32.8 Å². The van der Waals surface area contributed by atoms with Crippen LogP contribution in [0.25, 0.3) is 0 Å². The minimum absolute atomic E-state index is 0.0650. The fourth-order valence-electron chi connectivity index (χ4n) is 9.65. The van der Waals surface area contributed by atoms with Gasteiger partial charge in [-0.1, -0.05) is 108 Å². The summed E-state index contributed by atoms with van der Waals surface area (Å²) in [7, 11) is 0. The average Bonchev–Trinajstić information content (AvgIpc) is 4.31. The zero-order chi connectivity index (χ0) is 61.2. The number of carbonyl (C=O) groups is 5. The number of aliphatic imine (C=N–C) groups is 5. The third-order valence-corrected chi connectivity index (χ3v) is 13.4. The summed E-state index contributed by atoms with van der Waals surface area (Å²) in [5.41, 5.74) is 19.2. The molecular formula is C68H80ClN5O10. The van der Waals surface area contributed by atoms with Crippen molar-refractivity contribution in [2.45, 2.75) is 185 Å². The fraction of sp³-hybridized carbons (Fsp3) is 0.412. The molecule has 5 aromatic rings. The molecule has 0 spiro atoms. The Morgan fingerprint density at radius 1 is 0.369 bits per heavy atom. The summed E-state index contributed by atoms with van der Waals surface area (Å²) in [6.07, 6.45) is 0.962. The van der Waals surface area contributed by atoms with E-state index in [1.807, 2.05) is 148 Å². The number of nitrogens with zero attached hydrogens (tertiary/aromatic N) is 5. The van der Waals surface area contributed by atoms with Crippen LogP contribution in [0.2, 0.25) is 5.02 Å². The summed E-state index contributed by atoms with van der Waals surface area (Å²) in [6, 6.07) is 32.1. The van der Waals surface area contributed by atoms with Gasteiger partial charge in [0.15, 0.2) is 0 Å². The van der Waals surface area contributed by atoms with E-state index in [-0.39, 0.29) is 92.5 Å². The van der Waals surface area contributed by atoms with E-state index >= 15 is 0 Å². The first-order valence-corrected chi connectivity index (χ1v) is 29.1. The van der Waals surface area contributed by atoms with Crippen molar-refractivity contribution in [3.05, 3.63) is 174 Å². The maximum Gasteiger partial charge on any atom is 0.312 e. The van der Waals surface area contributed by atoms with E-state index in [1.54, 1.807) is 0 Å². The van der Waals surface area contributed by atoms with Gasteiger partial charge in [-0.15, -0.1) is 0 Å².